The summed E-state index contributed by atoms with van der Waals surface area (Å²) < 4.78 is 5.37. The SMILES string of the molecule is O=C(O[C@H]1C=Cc2ccccc2[C@@H]1O)c1ccccc1. The minimum atomic E-state index is -0.830. The second kappa shape index (κ2) is 5.31. The highest BCUT2D eigenvalue weighted by Crippen LogP contribution is 2.29. The average molecular weight is 266 g/mol. The summed E-state index contributed by atoms with van der Waals surface area (Å²) in [4.78, 5) is 12.0. The van der Waals surface area contributed by atoms with Crippen molar-refractivity contribution in [3.8, 4) is 0 Å². The van der Waals surface area contributed by atoms with Crippen LogP contribution in [-0.2, 0) is 4.74 Å². The molecule has 1 aliphatic carbocycles. The molecule has 3 rings (SSSR count). The molecule has 2 atom stereocenters. The Kier molecular flexibility index (Phi) is 3.35. The summed E-state index contributed by atoms with van der Waals surface area (Å²) in [5, 5.41) is 10.3. The van der Waals surface area contributed by atoms with Crippen molar-refractivity contribution >= 4 is 12.0 Å². The number of hydrogen-bond acceptors (Lipinski definition) is 3. The van der Waals surface area contributed by atoms with E-state index in [-0.39, 0.29) is 0 Å². The van der Waals surface area contributed by atoms with E-state index < -0.39 is 18.2 Å². The standard InChI is InChI=1S/C17H14O3/c18-16-14-9-5-4-6-12(14)10-11-15(16)20-17(19)13-7-2-1-3-8-13/h1-11,15-16,18H/t15-,16-/m0/s1. The van der Waals surface area contributed by atoms with Gasteiger partial charge in [-0.2, -0.15) is 0 Å². The molecule has 3 heteroatoms. The molecule has 100 valence electrons. The van der Waals surface area contributed by atoms with Crippen molar-refractivity contribution in [1.29, 1.82) is 0 Å². The Bertz CT molecular complexity index is 646. The Balaban J connectivity index is 1.79. The number of fused-ring (bicyclic) bond motifs is 1. The van der Waals surface area contributed by atoms with Gasteiger partial charge < -0.3 is 9.84 Å². The maximum absolute atomic E-state index is 12.0. The van der Waals surface area contributed by atoms with Gasteiger partial charge in [0.05, 0.1) is 5.56 Å². The highest BCUT2D eigenvalue weighted by molar-refractivity contribution is 5.89. The maximum Gasteiger partial charge on any atom is 0.338 e. The van der Waals surface area contributed by atoms with Crippen molar-refractivity contribution in [3.05, 3.63) is 77.4 Å². The van der Waals surface area contributed by atoms with E-state index in [0.717, 1.165) is 11.1 Å². The molecular formula is C17H14O3. The van der Waals surface area contributed by atoms with Crippen LogP contribution in [0.15, 0.2) is 60.7 Å². The molecule has 0 aromatic heterocycles. The number of benzene rings is 2. The van der Waals surface area contributed by atoms with Gasteiger partial charge in [0, 0.05) is 0 Å². The highest BCUT2D eigenvalue weighted by Gasteiger charge is 2.27. The lowest BCUT2D eigenvalue weighted by Crippen LogP contribution is -2.26. The smallest absolute Gasteiger partial charge is 0.338 e. The third kappa shape index (κ3) is 2.36. The molecule has 0 unspecified atom stereocenters. The summed E-state index contributed by atoms with van der Waals surface area (Å²) in [6, 6.07) is 16.3. The van der Waals surface area contributed by atoms with Gasteiger partial charge in [-0.1, -0.05) is 48.5 Å². The fraction of sp³-hybridized carbons (Fsp3) is 0.118. The minimum absolute atomic E-state index is 0.432. The zero-order valence-electron chi connectivity index (χ0n) is 10.8. The monoisotopic (exact) mass is 266 g/mol. The first kappa shape index (κ1) is 12.6. The maximum atomic E-state index is 12.0. The molecule has 0 saturated heterocycles. The van der Waals surface area contributed by atoms with Crippen LogP contribution < -0.4 is 0 Å². The zero-order valence-corrected chi connectivity index (χ0v) is 10.8. The number of aliphatic hydroxyl groups is 1. The van der Waals surface area contributed by atoms with Gasteiger partial charge in [-0.25, -0.2) is 4.79 Å². The lowest BCUT2D eigenvalue weighted by molar-refractivity contribution is -0.00116. The predicted octanol–water partition coefficient (Wildman–Crippen LogP) is 2.97. The number of carbonyl (C=O) groups is 1. The Morgan fingerprint density at radius 2 is 1.70 bits per heavy atom. The Morgan fingerprint density at radius 1 is 1.00 bits per heavy atom. The van der Waals surface area contributed by atoms with Crippen molar-refractivity contribution in [2.24, 2.45) is 0 Å². The van der Waals surface area contributed by atoms with Gasteiger partial charge in [0.1, 0.15) is 6.10 Å². The van der Waals surface area contributed by atoms with Crippen LogP contribution in [-0.4, -0.2) is 17.2 Å². The molecule has 0 aliphatic heterocycles. The molecule has 1 N–H and O–H groups in total. The van der Waals surface area contributed by atoms with Crippen LogP contribution in [0.5, 0.6) is 0 Å². The fourth-order valence-electron chi connectivity index (χ4n) is 2.28. The van der Waals surface area contributed by atoms with Crippen LogP contribution in [0.1, 0.15) is 27.6 Å². The van der Waals surface area contributed by atoms with E-state index in [2.05, 4.69) is 0 Å². The largest absolute Gasteiger partial charge is 0.451 e. The Labute approximate surface area is 117 Å². The van der Waals surface area contributed by atoms with Crippen molar-refractivity contribution in [2.45, 2.75) is 12.2 Å². The summed E-state index contributed by atoms with van der Waals surface area (Å²) >= 11 is 0. The third-order valence-corrected chi connectivity index (χ3v) is 3.34. The molecule has 0 radical (unpaired) electrons. The average Bonchev–Trinajstić information content (AvgIpc) is 2.51. The number of esters is 1. The van der Waals surface area contributed by atoms with E-state index >= 15 is 0 Å². The van der Waals surface area contributed by atoms with Gasteiger partial charge in [-0.15, -0.1) is 0 Å². The summed E-state index contributed by atoms with van der Waals surface area (Å²) in [5.74, 6) is -0.432. The second-order valence-corrected chi connectivity index (χ2v) is 4.67. The van der Waals surface area contributed by atoms with Gasteiger partial charge in [-0.3, -0.25) is 0 Å². The molecule has 2 aromatic carbocycles. The molecule has 1 aliphatic rings. The summed E-state index contributed by atoms with van der Waals surface area (Å²) in [6.07, 6.45) is 2.10. The zero-order chi connectivity index (χ0) is 13.9. The van der Waals surface area contributed by atoms with E-state index in [0.29, 0.717) is 5.56 Å². The quantitative estimate of drug-likeness (QED) is 0.850. The first-order valence-corrected chi connectivity index (χ1v) is 6.47. The fourth-order valence-corrected chi connectivity index (χ4v) is 2.28. The Morgan fingerprint density at radius 3 is 2.50 bits per heavy atom. The van der Waals surface area contributed by atoms with Crippen LogP contribution in [0, 0.1) is 0 Å². The van der Waals surface area contributed by atoms with Crippen molar-refractivity contribution in [2.75, 3.05) is 0 Å². The van der Waals surface area contributed by atoms with Gasteiger partial charge in [0.25, 0.3) is 0 Å². The molecule has 0 bridgehead atoms. The Hall–Kier alpha value is -2.39. The summed E-state index contributed by atoms with van der Waals surface area (Å²) in [6.45, 7) is 0. The molecule has 0 spiro atoms. The molecule has 0 heterocycles. The number of ether oxygens (including phenoxy) is 1. The molecule has 3 nitrogen and oxygen atoms in total. The van der Waals surface area contributed by atoms with Gasteiger partial charge in [0.15, 0.2) is 6.10 Å². The van der Waals surface area contributed by atoms with Gasteiger partial charge in [-0.05, 0) is 29.3 Å². The first-order valence-electron chi connectivity index (χ1n) is 6.47. The van der Waals surface area contributed by atoms with Crippen molar-refractivity contribution < 1.29 is 14.6 Å². The van der Waals surface area contributed by atoms with Gasteiger partial charge in [0.2, 0.25) is 0 Å². The van der Waals surface area contributed by atoms with E-state index in [1.165, 1.54) is 0 Å². The number of rotatable bonds is 2. The van der Waals surface area contributed by atoms with E-state index in [1.54, 1.807) is 30.3 Å². The van der Waals surface area contributed by atoms with Gasteiger partial charge >= 0.3 is 5.97 Å². The number of hydrogen-bond donors (Lipinski definition) is 1. The van der Waals surface area contributed by atoms with E-state index in [1.807, 2.05) is 36.4 Å². The van der Waals surface area contributed by atoms with E-state index in [4.69, 9.17) is 4.74 Å². The summed E-state index contributed by atoms with van der Waals surface area (Å²) in [7, 11) is 0. The molecular weight excluding hydrogens is 252 g/mol. The molecule has 20 heavy (non-hydrogen) atoms. The lowest BCUT2D eigenvalue weighted by Gasteiger charge is -2.25. The normalized spacial score (nSPS) is 20.2. The predicted molar refractivity (Wildman–Crippen MR) is 76.1 cm³/mol. The highest BCUT2D eigenvalue weighted by atomic mass is 16.6. The number of aliphatic hydroxyl groups excluding tert-OH is 1. The van der Waals surface area contributed by atoms with Crippen LogP contribution in [0.4, 0.5) is 0 Å². The third-order valence-electron chi connectivity index (χ3n) is 3.34. The summed E-state index contributed by atoms with van der Waals surface area (Å²) in [5.41, 5.74) is 2.21. The van der Waals surface area contributed by atoms with Crippen LogP contribution in [0.25, 0.3) is 6.08 Å². The van der Waals surface area contributed by atoms with E-state index in [9.17, 15) is 9.90 Å². The molecule has 0 amide bonds. The minimum Gasteiger partial charge on any atom is -0.451 e. The van der Waals surface area contributed by atoms with Crippen LogP contribution >= 0.6 is 0 Å². The van der Waals surface area contributed by atoms with Crippen LogP contribution in [0.2, 0.25) is 0 Å². The molecule has 0 saturated carbocycles. The molecule has 0 fully saturated rings. The number of carbonyl (C=O) groups excluding carboxylic acids is 1. The van der Waals surface area contributed by atoms with Crippen molar-refractivity contribution in [1.82, 2.24) is 0 Å². The van der Waals surface area contributed by atoms with Crippen molar-refractivity contribution in [3.63, 3.8) is 0 Å². The topological polar surface area (TPSA) is 46.5 Å². The second-order valence-electron chi connectivity index (χ2n) is 4.67. The lowest BCUT2D eigenvalue weighted by atomic mass is 9.93. The van der Waals surface area contributed by atoms with Crippen LogP contribution in [0.3, 0.4) is 0 Å². The molecule has 2 aromatic rings. The first-order chi connectivity index (χ1) is 9.75.